The van der Waals surface area contributed by atoms with Crippen LogP contribution in [0.25, 0.3) is 0 Å². The molecule has 1 atom stereocenters. The summed E-state index contributed by atoms with van der Waals surface area (Å²) < 4.78 is 22.2. The van der Waals surface area contributed by atoms with Gasteiger partial charge in [-0.3, -0.25) is 14.6 Å². The second-order valence-electron chi connectivity index (χ2n) is 4.46. The van der Waals surface area contributed by atoms with E-state index in [4.69, 9.17) is 31.9 Å². The minimum absolute atomic E-state index is 0.000244. The molecule has 0 aromatic heterocycles. The van der Waals surface area contributed by atoms with Gasteiger partial charge in [-0.1, -0.05) is 35.9 Å². The lowest BCUT2D eigenvalue weighted by atomic mass is 10.1. The molecule has 0 aliphatic rings. The summed E-state index contributed by atoms with van der Waals surface area (Å²) in [5.41, 5.74) is 0.782. The van der Waals surface area contributed by atoms with E-state index >= 15 is 0 Å². The zero-order chi connectivity index (χ0) is 16.9. The van der Waals surface area contributed by atoms with Crippen LogP contribution in [-0.2, 0) is 15.5 Å². The van der Waals surface area contributed by atoms with Gasteiger partial charge in [-0.2, -0.15) is 0 Å². The molecule has 122 valence electrons. The molecular formula is C14H12Cl2NO5P. The van der Waals surface area contributed by atoms with Gasteiger partial charge in [-0.05, 0) is 24.1 Å². The van der Waals surface area contributed by atoms with E-state index in [0.29, 0.717) is 6.42 Å². The third kappa shape index (κ3) is 5.52. The van der Waals surface area contributed by atoms with Gasteiger partial charge >= 0.3 is 6.95 Å². The predicted molar refractivity (Wildman–Crippen MR) is 88.3 cm³/mol. The van der Waals surface area contributed by atoms with Gasteiger partial charge in [0.1, 0.15) is 5.75 Å². The highest BCUT2D eigenvalue weighted by atomic mass is 35.7. The third-order valence-corrected chi connectivity index (χ3v) is 4.55. The van der Waals surface area contributed by atoms with Crippen molar-refractivity contribution < 1.29 is 18.5 Å². The Morgan fingerprint density at radius 2 is 1.78 bits per heavy atom. The molecule has 0 spiro atoms. The average molecular weight is 376 g/mol. The van der Waals surface area contributed by atoms with Crippen LogP contribution >= 0.6 is 29.8 Å². The lowest BCUT2D eigenvalue weighted by Crippen LogP contribution is -1.99. The van der Waals surface area contributed by atoms with Crippen molar-refractivity contribution in [1.29, 1.82) is 0 Å². The first-order valence-corrected chi connectivity index (χ1v) is 9.32. The molecule has 23 heavy (non-hydrogen) atoms. The smallest absolute Gasteiger partial charge is 0.412 e. The first-order chi connectivity index (χ1) is 10.9. The zero-order valence-corrected chi connectivity index (χ0v) is 14.1. The van der Waals surface area contributed by atoms with Crippen LogP contribution in [0.15, 0.2) is 48.5 Å². The van der Waals surface area contributed by atoms with Crippen LogP contribution in [0.3, 0.4) is 0 Å². The van der Waals surface area contributed by atoms with Gasteiger partial charge in [0, 0.05) is 23.4 Å². The molecule has 0 amide bonds. The summed E-state index contributed by atoms with van der Waals surface area (Å²) in [5, 5.41) is 10.8. The van der Waals surface area contributed by atoms with Crippen molar-refractivity contribution in [3.05, 3.63) is 69.2 Å². The average Bonchev–Trinajstić information content (AvgIpc) is 2.50. The van der Waals surface area contributed by atoms with Crippen LogP contribution in [-0.4, -0.2) is 11.5 Å². The molecule has 0 fully saturated rings. The lowest BCUT2D eigenvalue weighted by Gasteiger charge is -2.13. The number of non-ortho nitro benzene ring substituents is 1. The molecule has 0 bridgehead atoms. The summed E-state index contributed by atoms with van der Waals surface area (Å²) >= 11 is 11.6. The number of rotatable bonds is 7. The number of nitro groups is 1. The van der Waals surface area contributed by atoms with Crippen molar-refractivity contribution in [1.82, 2.24) is 0 Å². The van der Waals surface area contributed by atoms with E-state index < -0.39 is 11.9 Å². The van der Waals surface area contributed by atoms with E-state index in [1.807, 2.05) is 0 Å². The molecule has 0 radical (unpaired) electrons. The number of hydrogen-bond donors (Lipinski definition) is 0. The topological polar surface area (TPSA) is 78.7 Å². The SMILES string of the molecule is O=[N+]([O-])c1ccc(CCOP(=O)(Cl)Oc2ccccc2Cl)cc1. The van der Waals surface area contributed by atoms with Gasteiger partial charge < -0.3 is 4.52 Å². The molecule has 0 aliphatic heterocycles. The molecule has 0 N–H and O–H groups in total. The minimum atomic E-state index is -3.82. The number of nitrogens with zero attached hydrogens (tertiary/aromatic N) is 1. The number of hydrogen-bond acceptors (Lipinski definition) is 5. The van der Waals surface area contributed by atoms with Crippen LogP contribution in [0.5, 0.6) is 5.75 Å². The third-order valence-electron chi connectivity index (χ3n) is 2.83. The maximum atomic E-state index is 12.0. The highest BCUT2D eigenvalue weighted by Crippen LogP contribution is 2.54. The van der Waals surface area contributed by atoms with E-state index in [1.54, 1.807) is 30.3 Å². The van der Waals surface area contributed by atoms with Gasteiger partial charge in [0.05, 0.1) is 16.6 Å². The Labute approximate surface area is 142 Å². The first kappa shape index (κ1) is 17.8. The van der Waals surface area contributed by atoms with Crippen molar-refractivity contribution in [3.63, 3.8) is 0 Å². The molecule has 0 heterocycles. The van der Waals surface area contributed by atoms with Crippen LogP contribution in [0, 0.1) is 10.1 Å². The summed E-state index contributed by atoms with van der Waals surface area (Å²) in [7, 11) is 0. The molecule has 1 unspecified atom stereocenters. The van der Waals surface area contributed by atoms with Gasteiger partial charge in [0.25, 0.3) is 5.69 Å². The van der Waals surface area contributed by atoms with Gasteiger partial charge in [-0.15, -0.1) is 0 Å². The van der Waals surface area contributed by atoms with E-state index in [9.17, 15) is 14.7 Å². The number of halogens is 2. The lowest BCUT2D eigenvalue weighted by molar-refractivity contribution is -0.384. The van der Waals surface area contributed by atoms with Crippen molar-refractivity contribution in [2.45, 2.75) is 6.42 Å². The fourth-order valence-electron chi connectivity index (χ4n) is 1.72. The summed E-state index contributed by atoms with van der Waals surface area (Å²) in [6.45, 7) is -3.79. The number of benzene rings is 2. The molecule has 9 heteroatoms. The van der Waals surface area contributed by atoms with Crippen molar-refractivity contribution in [3.8, 4) is 5.75 Å². The normalized spacial score (nSPS) is 13.3. The van der Waals surface area contributed by atoms with Crippen LogP contribution in [0.4, 0.5) is 5.69 Å². The number of nitro benzene ring substituents is 1. The summed E-state index contributed by atoms with van der Waals surface area (Å²) in [6.07, 6.45) is 0.376. The molecule has 2 aromatic rings. The zero-order valence-electron chi connectivity index (χ0n) is 11.7. The summed E-state index contributed by atoms with van der Waals surface area (Å²) in [5.74, 6) is 0.169. The van der Waals surface area contributed by atoms with Crippen molar-refractivity contribution in [2.75, 3.05) is 6.61 Å². The fourth-order valence-corrected chi connectivity index (χ4v) is 3.13. The molecule has 0 saturated heterocycles. The fraction of sp³-hybridized carbons (Fsp3) is 0.143. The van der Waals surface area contributed by atoms with E-state index in [-0.39, 0.29) is 23.1 Å². The Bertz CT molecular complexity index is 738. The highest BCUT2D eigenvalue weighted by molar-refractivity contribution is 7.81. The van der Waals surface area contributed by atoms with Crippen LogP contribution in [0.1, 0.15) is 5.56 Å². The van der Waals surface area contributed by atoms with E-state index in [0.717, 1.165) is 5.56 Å². The molecule has 0 saturated carbocycles. The largest absolute Gasteiger partial charge is 0.476 e. The quantitative estimate of drug-likeness (QED) is 0.375. The van der Waals surface area contributed by atoms with Crippen LogP contribution < -0.4 is 4.52 Å². The monoisotopic (exact) mass is 375 g/mol. The number of para-hydroxylation sites is 1. The molecule has 2 rings (SSSR count). The van der Waals surface area contributed by atoms with E-state index in [1.165, 1.54) is 18.2 Å². The maximum Gasteiger partial charge on any atom is 0.476 e. The Balaban J connectivity index is 1.88. The summed E-state index contributed by atoms with van der Waals surface area (Å²) in [4.78, 5) is 10.1. The van der Waals surface area contributed by atoms with Gasteiger partial charge in [0.15, 0.2) is 0 Å². The Kier molecular flexibility index (Phi) is 6.02. The standard InChI is InChI=1S/C14H12Cl2NO5P/c15-13-3-1-2-4-14(13)22-23(16,20)21-10-9-11-5-7-12(8-6-11)17(18)19/h1-8H,9-10H2. The molecular weight excluding hydrogens is 364 g/mol. The highest BCUT2D eigenvalue weighted by Gasteiger charge is 2.23. The molecule has 2 aromatic carbocycles. The summed E-state index contributed by atoms with van der Waals surface area (Å²) in [6, 6.07) is 12.4. The van der Waals surface area contributed by atoms with Crippen molar-refractivity contribution in [2.24, 2.45) is 0 Å². The Morgan fingerprint density at radius 1 is 1.13 bits per heavy atom. The molecule has 0 aliphatic carbocycles. The maximum absolute atomic E-state index is 12.0. The first-order valence-electron chi connectivity index (χ1n) is 6.49. The second-order valence-corrected chi connectivity index (χ2v) is 7.41. The van der Waals surface area contributed by atoms with Crippen molar-refractivity contribution >= 4 is 35.5 Å². The van der Waals surface area contributed by atoms with Crippen LogP contribution in [0.2, 0.25) is 5.02 Å². The second kappa shape index (κ2) is 7.79. The van der Waals surface area contributed by atoms with Gasteiger partial charge in [0.2, 0.25) is 0 Å². The Hall–Kier alpha value is -1.59. The van der Waals surface area contributed by atoms with E-state index in [2.05, 4.69) is 0 Å². The van der Waals surface area contributed by atoms with Gasteiger partial charge in [-0.25, -0.2) is 4.57 Å². The predicted octanol–water partition coefficient (Wildman–Crippen LogP) is 5.23. The minimum Gasteiger partial charge on any atom is -0.412 e. The molecule has 6 nitrogen and oxygen atoms in total. The Morgan fingerprint density at radius 3 is 2.39 bits per heavy atom.